The van der Waals surface area contributed by atoms with Crippen molar-refractivity contribution >= 4 is 65.2 Å². The molecular weight excluding hydrogens is 436 g/mol. The lowest BCUT2D eigenvalue weighted by atomic mass is 9.93. The molecule has 2 heterocycles. The van der Waals surface area contributed by atoms with Crippen molar-refractivity contribution < 1.29 is 0 Å². The van der Waals surface area contributed by atoms with Crippen molar-refractivity contribution in [3.63, 3.8) is 0 Å². The molecular formula is C34H30N2. The summed E-state index contributed by atoms with van der Waals surface area (Å²) in [7, 11) is 0. The Labute approximate surface area is 211 Å². The molecule has 2 fully saturated rings. The highest BCUT2D eigenvalue weighted by atomic mass is 15.1. The predicted octanol–water partition coefficient (Wildman–Crippen LogP) is 8.65. The highest BCUT2D eigenvalue weighted by Gasteiger charge is 2.15. The van der Waals surface area contributed by atoms with E-state index in [2.05, 4.69) is 94.7 Å². The molecule has 2 nitrogen and oxygen atoms in total. The van der Waals surface area contributed by atoms with E-state index in [0.717, 1.165) is 0 Å². The van der Waals surface area contributed by atoms with Crippen LogP contribution in [0.25, 0.3) is 53.9 Å². The average molecular weight is 467 g/mol. The minimum absolute atomic E-state index is 1.19. The molecule has 6 aromatic rings. The molecule has 8 rings (SSSR count). The van der Waals surface area contributed by atoms with Gasteiger partial charge >= 0.3 is 0 Å². The molecule has 2 saturated heterocycles. The lowest BCUT2D eigenvalue weighted by Crippen LogP contribution is -2.17. The second-order valence-electron chi connectivity index (χ2n) is 10.8. The third-order valence-corrected chi connectivity index (χ3v) is 8.66. The number of anilines is 2. The van der Waals surface area contributed by atoms with Crippen LogP contribution in [0.15, 0.2) is 84.9 Å². The van der Waals surface area contributed by atoms with E-state index in [9.17, 15) is 0 Å². The summed E-state index contributed by atoms with van der Waals surface area (Å²) in [5, 5.41) is 13.4. The van der Waals surface area contributed by atoms with Gasteiger partial charge in [0, 0.05) is 37.6 Å². The van der Waals surface area contributed by atoms with Crippen LogP contribution in [0.3, 0.4) is 0 Å². The molecule has 0 unspecified atom stereocenters. The highest BCUT2D eigenvalue weighted by Crippen LogP contribution is 2.37. The molecule has 0 aromatic heterocycles. The number of hydrogen-bond acceptors (Lipinski definition) is 2. The summed E-state index contributed by atoms with van der Waals surface area (Å²) in [4.78, 5) is 5.04. The van der Waals surface area contributed by atoms with Crippen LogP contribution in [-0.4, -0.2) is 26.2 Å². The SMILES string of the molecule is c1cc2cc3c(ccc4c5cc6ccc(N7CCCC7)cc6cc5ccc34)cc2cc1N1CCCC1. The van der Waals surface area contributed by atoms with Gasteiger partial charge in [-0.05, 0) is 128 Å². The quantitative estimate of drug-likeness (QED) is 0.186. The zero-order valence-electron chi connectivity index (χ0n) is 20.6. The lowest BCUT2D eigenvalue weighted by Gasteiger charge is -2.18. The predicted molar refractivity (Wildman–Crippen MR) is 157 cm³/mol. The van der Waals surface area contributed by atoms with Crippen LogP contribution in [-0.2, 0) is 0 Å². The lowest BCUT2D eigenvalue weighted by molar-refractivity contribution is 0.949. The number of rotatable bonds is 2. The van der Waals surface area contributed by atoms with Gasteiger partial charge in [0.05, 0.1) is 0 Å². The first kappa shape index (κ1) is 20.4. The summed E-state index contributed by atoms with van der Waals surface area (Å²) in [5.74, 6) is 0. The molecule has 36 heavy (non-hydrogen) atoms. The Balaban J connectivity index is 1.29. The fourth-order valence-electron chi connectivity index (χ4n) is 6.69. The van der Waals surface area contributed by atoms with Crippen molar-refractivity contribution in [3.8, 4) is 0 Å². The van der Waals surface area contributed by atoms with E-state index in [0.29, 0.717) is 0 Å². The fourth-order valence-corrected chi connectivity index (χ4v) is 6.69. The summed E-state index contributed by atoms with van der Waals surface area (Å²) in [6, 6.07) is 32.9. The maximum atomic E-state index is 2.52. The molecule has 0 bridgehead atoms. The number of benzene rings is 6. The normalized spacial score (nSPS) is 16.4. The van der Waals surface area contributed by atoms with Crippen LogP contribution in [0.5, 0.6) is 0 Å². The van der Waals surface area contributed by atoms with E-state index in [1.807, 2.05) is 0 Å². The molecule has 2 aliphatic heterocycles. The van der Waals surface area contributed by atoms with E-state index < -0.39 is 0 Å². The van der Waals surface area contributed by atoms with Crippen molar-refractivity contribution in [1.82, 2.24) is 0 Å². The third-order valence-electron chi connectivity index (χ3n) is 8.66. The van der Waals surface area contributed by atoms with Gasteiger partial charge in [0.25, 0.3) is 0 Å². The molecule has 6 aromatic carbocycles. The molecule has 0 atom stereocenters. The second kappa shape index (κ2) is 7.86. The van der Waals surface area contributed by atoms with E-state index in [-0.39, 0.29) is 0 Å². The van der Waals surface area contributed by atoms with Crippen molar-refractivity contribution in [2.45, 2.75) is 25.7 Å². The monoisotopic (exact) mass is 466 g/mol. The number of hydrogen-bond donors (Lipinski definition) is 0. The van der Waals surface area contributed by atoms with Crippen LogP contribution in [0.2, 0.25) is 0 Å². The standard InChI is InChI=1S/C34H30N2/c1-2-14-35(13-1)29-9-5-23-21-33-25(17-27(23)19-29)7-11-32-31(33)12-8-26-18-28-20-30(36-15-3-4-16-36)10-6-24(28)22-34(26)32/h5-12,17-22H,1-4,13-16H2. The molecule has 176 valence electrons. The van der Waals surface area contributed by atoms with E-state index in [1.54, 1.807) is 0 Å². The van der Waals surface area contributed by atoms with Crippen LogP contribution in [0.4, 0.5) is 11.4 Å². The van der Waals surface area contributed by atoms with Gasteiger partial charge in [-0.15, -0.1) is 0 Å². The van der Waals surface area contributed by atoms with Gasteiger partial charge in [-0.2, -0.15) is 0 Å². The molecule has 0 aliphatic carbocycles. The van der Waals surface area contributed by atoms with Gasteiger partial charge in [0.1, 0.15) is 0 Å². The van der Waals surface area contributed by atoms with Gasteiger partial charge < -0.3 is 9.80 Å². The van der Waals surface area contributed by atoms with Crippen LogP contribution >= 0.6 is 0 Å². The Kier molecular flexibility index (Phi) is 4.46. The maximum absolute atomic E-state index is 2.52. The Hall–Kier alpha value is -3.78. The summed E-state index contributed by atoms with van der Waals surface area (Å²) < 4.78 is 0. The summed E-state index contributed by atoms with van der Waals surface area (Å²) >= 11 is 0. The molecule has 0 N–H and O–H groups in total. The van der Waals surface area contributed by atoms with Gasteiger partial charge in [-0.25, -0.2) is 0 Å². The van der Waals surface area contributed by atoms with Crippen LogP contribution in [0, 0.1) is 0 Å². The first-order valence-electron chi connectivity index (χ1n) is 13.6. The van der Waals surface area contributed by atoms with E-state index in [4.69, 9.17) is 0 Å². The molecule has 0 amide bonds. The van der Waals surface area contributed by atoms with Gasteiger partial charge in [-0.1, -0.05) is 36.4 Å². The van der Waals surface area contributed by atoms with E-state index in [1.165, 1.54) is 117 Å². The minimum Gasteiger partial charge on any atom is -0.372 e. The molecule has 0 spiro atoms. The minimum atomic E-state index is 1.19. The highest BCUT2D eigenvalue weighted by molar-refractivity contribution is 6.21. The smallest absolute Gasteiger partial charge is 0.0372 e. The van der Waals surface area contributed by atoms with Crippen LogP contribution in [0.1, 0.15) is 25.7 Å². The largest absolute Gasteiger partial charge is 0.372 e. The molecule has 0 saturated carbocycles. The average Bonchev–Trinajstić information content (AvgIpc) is 3.65. The Morgan fingerprint density at radius 2 is 0.750 bits per heavy atom. The first-order chi connectivity index (χ1) is 17.8. The van der Waals surface area contributed by atoms with Gasteiger partial charge in [-0.3, -0.25) is 0 Å². The Morgan fingerprint density at radius 1 is 0.333 bits per heavy atom. The van der Waals surface area contributed by atoms with Gasteiger partial charge in [0.15, 0.2) is 0 Å². The maximum Gasteiger partial charge on any atom is 0.0372 e. The van der Waals surface area contributed by atoms with Crippen molar-refractivity contribution in [1.29, 1.82) is 0 Å². The summed E-state index contributed by atoms with van der Waals surface area (Å²) in [6.07, 6.45) is 5.24. The molecule has 2 aliphatic rings. The second-order valence-corrected chi connectivity index (χ2v) is 10.8. The number of nitrogens with zero attached hydrogens (tertiary/aromatic N) is 2. The third kappa shape index (κ3) is 3.17. The van der Waals surface area contributed by atoms with Crippen molar-refractivity contribution in [2.24, 2.45) is 0 Å². The molecule has 2 heteroatoms. The molecule has 0 radical (unpaired) electrons. The zero-order chi connectivity index (χ0) is 23.6. The fraction of sp³-hybridized carbons (Fsp3) is 0.235. The Bertz CT molecular complexity index is 1670. The van der Waals surface area contributed by atoms with Gasteiger partial charge in [0.2, 0.25) is 0 Å². The topological polar surface area (TPSA) is 6.48 Å². The number of fused-ring (bicyclic) bond motifs is 7. The van der Waals surface area contributed by atoms with Crippen molar-refractivity contribution in [2.75, 3.05) is 36.0 Å². The Morgan fingerprint density at radius 3 is 1.19 bits per heavy atom. The first-order valence-corrected chi connectivity index (χ1v) is 13.6. The van der Waals surface area contributed by atoms with Crippen LogP contribution < -0.4 is 9.80 Å². The zero-order valence-corrected chi connectivity index (χ0v) is 20.6. The summed E-state index contributed by atoms with van der Waals surface area (Å²) in [6.45, 7) is 4.74. The van der Waals surface area contributed by atoms with Crippen molar-refractivity contribution in [3.05, 3.63) is 84.9 Å². The van der Waals surface area contributed by atoms with E-state index >= 15 is 0 Å². The summed E-state index contributed by atoms with van der Waals surface area (Å²) in [5.41, 5.74) is 2.73.